The third-order valence-corrected chi connectivity index (χ3v) is 10.8. The third-order valence-electron chi connectivity index (χ3n) is 10.8. The molecular weight excluding hydrogens is 472 g/mol. The fourth-order valence-electron chi connectivity index (χ4n) is 8.88. The van der Waals surface area contributed by atoms with Crippen molar-refractivity contribution in [3.63, 3.8) is 0 Å². The van der Waals surface area contributed by atoms with Crippen LogP contribution in [0.3, 0.4) is 0 Å². The number of phenolic OH excluding ortho intramolecular Hbond substituents is 1. The number of hydrogen-bond acceptors (Lipinski definition) is 4. The molecule has 4 N–H and O–H groups in total. The number of benzene rings is 2. The van der Waals surface area contributed by atoms with E-state index in [1.54, 1.807) is 0 Å². The zero-order valence-corrected chi connectivity index (χ0v) is 23.3. The number of nitrogens with two attached hydrogens (primary N) is 1. The molecule has 4 aliphatic rings. The number of rotatable bonds is 2. The van der Waals surface area contributed by atoms with Crippen molar-refractivity contribution < 1.29 is 14.7 Å². The Morgan fingerprint density at radius 3 is 2.24 bits per heavy atom. The summed E-state index contributed by atoms with van der Waals surface area (Å²) in [7, 11) is 0. The molecule has 6 rings (SSSR count). The van der Waals surface area contributed by atoms with Gasteiger partial charge in [0.15, 0.2) is 0 Å². The second-order valence-corrected chi connectivity index (χ2v) is 12.9. The van der Waals surface area contributed by atoms with Gasteiger partial charge in [-0.2, -0.15) is 0 Å². The fraction of sp³-hybridized carbons (Fsp3) is 0.576. The van der Waals surface area contributed by atoms with Crippen LogP contribution in [0.2, 0.25) is 0 Å². The molecule has 2 amide bonds. The summed E-state index contributed by atoms with van der Waals surface area (Å²) in [5, 5.41) is 12.1. The van der Waals surface area contributed by atoms with Crippen molar-refractivity contribution in [3.8, 4) is 5.75 Å². The van der Waals surface area contributed by atoms with Crippen molar-refractivity contribution >= 4 is 18.0 Å². The predicted molar refractivity (Wildman–Crippen MR) is 152 cm³/mol. The molecule has 0 heterocycles. The lowest BCUT2D eigenvalue weighted by Crippen LogP contribution is -2.48. The molecule has 5 heteroatoms. The van der Waals surface area contributed by atoms with Crippen molar-refractivity contribution in [2.24, 2.45) is 23.7 Å². The molecule has 0 spiro atoms. The number of fused-ring (bicyclic) bond motifs is 6. The van der Waals surface area contributed by atoms with Crippen LogP contribution in [0, 0.1) is 23.7 Å². The van der Waals surface area contributed by atoms with Crippen LogP contribution in [0.5, 0.6) is 5.75 Å². The van der Waals surface area contributed by atoms with Gasteiger partial charge in [0.05, 0.1) is 0 Å². The number of anilines is 1. The third kappa shape index (κ3) is 4.63. The van der Waals surface area contributed by atoms with E-state index in [4.69, 9.17) is 5.73 Å². The summed E-state index contributed by atoms with van der Waals surface area (Å²) in [6, 6.07) is 12.2. The molecular formula is C33H44N2O3. The minimum absolute atomic E-state index is 0.00783. The molecule has 0 aliphatic heterocycles. The normalized spacial score (nSPS) is 33.2. The molecule has 0 bridgehead atoms. The summed E-state index contributed by atoms with van der Waals surface area (Å²) in [5.74, 6) is 2.19. The van der Waals surface area contributed by atoms with E-state index >= 15 is 0 Å². The van der Waals surface area contributed by atoms with E-state index in [0.29, 0.717) is 23.5 Å². The summed E-state index contributed by atoms with van der Waals surface area (Å²) in [4.78, 5) is 22.8. The average Bonchev–Trinajstić information content (AvgIpc) is 2.89. The van der Waals surface area contributed by atoms with E-state index in [9.17, 15) is 14.7 Å². The maximum absolute atomic E-state index is 12.2. The van der Waals surface area contributed by atoms with Crippen LogP contribution in [-0.2, 0) is 33.3 Å². The number of amides is 2. The minimum Gasteiger partial charge on any atom is -0.508 e. The van der Waals surface area contributed by atoms with Gasteiger partial charge in [-0.3, -0.25) is 14.9 Å². The molecule has 4 aliphatic carbocycles. The monoisotopic (exact) mass is 516 g/mol. The Morgan fingerprint density at radius 1 is 0.921 bits per heavy atom. The quantitative estimate of drug-likeness (QED) is 0.328. The van der Waals surface area contributed by atoms with Crippen molar-refractivity contribution in [2.45, 2.75) is 95.8 Å². The maximum Gasteiger partial charge on any atom is 0.229 e. The van der Waals surface area contributed by atoms with Gasteiger partial charge in [-0.25, -0.2) is 0 Å². The van der Waals surface area contributed by atoms with Crippen LogP contribution in [0.1, 0.15) is 94.4 Å². The van der Waals surface area contributed by atoms with Gasteiger partial charge in [0, 0.05) is 11.6 Å². The van der Waals surface area contributed by atoms with Crippen molar-refractivity contribution in [1.29, 1.82) is 0 Å². The predicted octanol–water partition coefficient (Wildman–Crippen LogP) is 6.19. The first-order valence-electron chi connectivity index (χ1n) is 14.6. The molecule has 0 radical (unpaired) electrons. The first-order valence-corrected chi connectivity index (χ1v) is 14.6. The van der Waals surface area contributed by atoms with E-state index in [1.165, 1.54) is 54.4 Å². The molecule has 0 aromatic heterocycles. The molecule has 2 aromatic rings. The molecule has 6 atom stereocenters. The Labute approximate surface area is 227 Å². The first kappa shape index (κ1) is 26.8. The molecule has 2 aromatic carbocycles. The van der Waals surface area contributed by atoms with Crippen LogP contribution >= 0.6 is 0 Å². The highest BCUT2D eigenvalue weighted by Crippen LogP contribution is 2.53. The number of hydrogen-bond donors (Lipinski definition) is 3. The van der Waals surface area contributed by atoms with E-state index in [-0.39, 0.29) is 17.2 Å². The van der Waals surface area contributed by atoms with Crippen LogP contribution in [0.4, 0.5) is 5.69 Å². The van der Waals surface area contributed by atoms with E-state index in [1.807, 2.05) is 18.2 Å². The van der Waals surface area contributed by atoms with Crippen molar-refractivity contribution in [2.75, 3.05) is 5.73 Å². The maximum atomic E-state index is 12.2. The van der Waals surface area contributed by atoms with Gasteiger partial charge in [-0.1, -0.05) is 52.2 Å². The summed E-state index contributed by atoms with van der Waals surface area (Å²) < 4.78 is 0. The lowest BCUT2D eigenvalue weighted by Gasteiger charge is -2.49. The minimum atomic E-state index is -0.117. The molecule has 0 saturated heterocycles. The van der Waals surface area contributed by atoms with Crippen molar-refractivity contribution in [3.05, 3.63) is 58.7 Å². The molecule has 38 heavy (non-hydrogen) atoms. The Morgan fingerprint density at radius 2 is 1.53 bits per heavy atom. The number of aromatic hydroxyl groups is 1. The summed E-state index contributed by atoms with van der Waals surface area (Å²) in [5.41, 5.74) is 12.6. The Hall–Kier alpha value is -2.82. The smallest absolute Gasteiger partial charge is 0.229 e. The standard InChI is InChI=1S/C17H22N2O2.C16H22O/c1-17-8-2-3-13(16(21)19-10-20)14(17)7-5-11-4-6-12(18)9-15(11)17;1-11-4-3-9-16(2)14(11)8-6-12-5-7-13(17)10-15(12)16/h4,6,9-10,13-14H,2-3,5,7-8,18H2,1H3,(H,19,20,21);5,7,10-11,14,17H,3-4,6,8-9H2,1-2H3/t;11?,14?,16-/m.0/s1. The number of phenols is 1. The Kier molecular flexibility index (Phi) is 7.32. The highest BCUT2D eigenvalue weighted by molar-refractivity contribution is 5.88. The summed E-state index contributed by atoms with van der Waals surface area (Å²) in [6.45, 7) is 7.09. The van der Waals surface area contributed by atoms with Gasteiger partial charge >= 0.3 is 0 Å². The SMILES string of the molecule is CC12CCCC(C(=O)NC=O)C1CCc1ccc(N)cc12.CC1CCC[C@]2(C)c3cc(O)ccc3CCC12. The lowest BCUT2D eigenvalue weighted by atomic mass is 9.54. The number of aryl methyl sites for hydroxylation is 2. The van der Waals surface area contributed by atoms with Crippen LogP contribution in [-0.4, -0.2) is 17.4 Å². The second kappa shape index (κ2) is 10.4. The number of nitrogens with one attached hydrogen (secondary N) is 1. The topological polar surface area (TPSA) is 92.4 Å². The highest BCUT2D eigenvalue weighted by Gasteiger charge is 2.48. The average molecular weight is 517 g/mol. The zero-order chi connectivity index (χ0) is 27.1. The van der Waals surface area contributed by atoms with Gasteiger partial charge in [0.25, 0.3) is 0 Å². The van der Waals surface area contributed by atoms with E-state index in [2.05, 4.69) is 44.3 Å². The number of imide groups is 1. The lowest BCUT2D eigenvalue weighted by molar-refractivity contribution is -0.132. The summed E-state index contributed by atoms with van der Waals surface area (Å²) in [6.07, 6.45) is 12.0. The van der Waals surface area contributed by atoms with E-state index < -0.39 is 0 Å². The van der Waals surface area contributed by atoms with Gasteiger partial charge in [-0.15, -0.1) is 0 Å². The molecule has 5 nitrogen and oxygen atoms in total. The molecule has 2 fully saturated rings. The van der Waals surface area contributed by atoms with Crippen LogP contribution < -0.4 is 11.1 Å². The Balaban J connectivity index is 0.000000158. The Bertz CT molecular complexity index is 1210. The zero-order valence-electron chi connectivity index (χ0n) is 23.3. The highest BCUT2D eigenvalue weighted by atomic mass is 16.3. The van der Waals surface area contributed by atoms with Gasteiger partial charge in [-0.05, 0) is 120 Å². The number of nitrogen functional groups attached to an aromatic ring is 1. The van der Waals surface area contributed by atoms with E-state index in [0.717, 1.165) is 49.6 Å². The second-order valence-electron chi connectivity index (χ2n) is 12.9. The fourth-order valence-corrected chi connectivity index (χ4v) is 8.88. The number of carbonyl (C=O) groups is 2. The van der Waals surface area contributed by atoms with Gasteiger partial charge in [0.2, 0.25) is 12.3 Å². The number of carbonyl (C=O) groups excluding carboxylic acids is 2. The molecule has 204 valence electrons. The largest absolute Gasteiger partial charge is 0.508 e. The molecule has 5 unspecified atom stereocenters. The van der Waals surface area contributed by atoms with Crippen LogP contribution in [0.25, 0.3) is 0 Å². The van der Waals surface area contributed by atoms with Crippen molar-refractivity contribution in [1.82, 2.24) is 5.32 Å². The summed E-state index contributed by atoms with van der Waals surface area (Å²) >= 11 is 0. The molecule has 2 saturated carbocycles. The van der Waals surface area contributed by atoms with Gasteiger partial charge < -0.3 is 10.8 Å². The van der Waals surface area contributed by atoms with Gasteiger partial charge in [0.1, 0.15) is 5.75 Å². The van der Waals surface area contributed by atoms with Crippen LogP contribution in [0.15, 0.2) is 36.4 Å². The first-order chi connectivity index (χ1) is 18.2.